The Kier molecular flexibility index (Phi) is 3.12. The third-order valence-corrected chi connectivity index (χ3v) is 3.94. The SMILES string of the molecule is NC1C2CCCOC2C1NC(=O)c1ccc(=O)oc1. The quantitative estimate of drug-likeness (QED) is 0.776. The second-order valence-corrected chi connectivity index (χ2v) is 5.06. The molecule has 1 aromatic rings. The Hall–Kier alpha value is -1.66. The molecule has 1 saturated carbocycles. The van der Waals surface area contributed by atoms with Crippen LogP contribution in [-0.2, 0) is 4.74 Å². The van der Waals surface area contributed by atoms with Gasteiger partial charge in [-0.25, -0.2) is 4.79 Å². The molecular formula is C13H16N2O4. The molecule has 19 heavy (non-hydrogen) atoms. The van der Waals surface area contributed by atoms with Gasteiger partial charge in [0.25, 0.3) is 5.91 Å². The topological polar surface area (TPSA) is 94.6 Å². The van der Waals surface area contributed by atoms with E-state index in [1.165, 1.54) is 12.1 Å². The largest absolute Gasteiger partial charge is 0.430 e. The molecule has 0 aromatic carbocycles. The van der Waals surface area contributed by atoms with Crippen molar-refractivity contribution >= 4 is 5.91 Å². The maximum absolute atomic E-state index is 12.0. The van der Waals surface area contributed by atoms with Gasteiger partial charge in [-0.2, -0.15) is 0 Å². The first kappa shape index (κ1) is 12.4. The van der Waals surface area contributed by atoms with Crippen molar-refractivity contribution in [2.24, 2.45) is 11.7 Å². The van der Waals surface area contributed by atoms with Crippen molar-refractivity contribution in [2.45, 2.75) is 31.0 Å². The van der Waals surface area contributed by atoms with Crippen LogP contribution in [0.1, 0.15) is 23.2 Å². The zero-order valence-corrected chi connectivity index (χ0v) is 10.4. The lowest BCUT2D eigenvalue weighted by Gasteiger charge is -2.52. The van der Waals surface area contributed by atoms with E-state index in [1.807, 2.05) is 0 Å². The Bertz CT molecular complexity index is 521. The first-order chi connectivity index (χ1) is 9.16. The molecule has 1 aliphatic heterocycles. The van der Waals surface area contributed by atoms with Crippen LogP contribution < -0.4 is 16.7 Å². The summed E-state index contributed by atoms with van der Waals surface area (Å²) in [6.45, 7) is 0.723. The molecule has 0 spiro atoms. The number of amides is 1. The zero-order valence-electron chi connectivity index (χ0n) is 10.4. The van der Waals surface area contributed by atoms with Gasteiger partial charge in [-0.15, -0.1) is 0 Å². The number of fused-ring (bicyclic) bond motifs is 1. The first-order valence-electron chi connectivity index (χ1n) is 6.44. The average molecular weight is 264 g/mol. The summed E-state index contributed by atoms with van der Waals surface area (Å²) in [5.74, 6) is 0.0459. The molecule has 3 N–H and O–H groups in total. The van der Waals surface area contributed by atoms with Crippen LogP contribution in [-0.4, -0.2) is 30.7 Å². The summed E-state index contributed by atoms with van der Waals surface area (Å²) in [7, 11) is 0. The molecule has 1 aliphatic carbocycles. The summed E-state index contributed by atoms with van der Waals surface area (Å²) in [5.41, 5.74) is 5.89. The number of nitrogens with two attached hydrogens (primary N) is 1. The van der Waals surface area contributed by atoms with Gasteiger partial charge in [0.15, 0.2) is 0 Å². The van der Waals surface area contributed by atoms with Gasteiger partial charge in [-0.3, -0.25) is 4.79 Å². The highest BCUT2D eigenvalue weighted by atomic mass is 16.5. The van der Waals surface area contributed by atoms with Crippen LogP contribution in [0.25, 0.3) is 0 Å². The third-order valence-electron chi connectivity index (χ3n) is 3.94. The van der Waals surface area contributed by atoms with Gasteiger partial charge >= 0.3 is 5.63 Å². The molecular weight excluding hydrogens is 248 g/mol. The molecule has 4 unspecified atom stereocenters. The maximum Gasteiger partial charge on any atom is 0.335 e. The summed E-state index contributed by atoms with van der Waals surface area (Å²) in [4.78, 5) is 22.8. The van der Waals surface area contributed by atoms with E-state index in [0.29, 0.717) is 11.5 Å². The molecule has 3 rings (SSSR count). The van der Waals surface area contributed by atoms with Crippen molar-refractivity contribution in [3.63, 3.8) is 0 Å². The minimum Gasteiger partial charge on any atom is -0.430 e. The Labute approximate surface area is 109 Å². The Morgan fingerprint density at radius 2 is 2.26 bits per heavy atom. The number of ether oxygens (including phenoxy) is 1. The molecule has 0 bridgehead atoms. The Morgan fingerprint density at radius 3 is 3.00 bits per heavy atom. The number of hydrogen-bond donors (Lipinski definition) is 2. The lowest BCUT2D eigenvalue weighted by atomic mass is 9.68. The summed E-state index contributed by atoms with van der Waals surface area (Å²) in [6.07, 6.45) is 3.25. The molecule has 2 heterocycles. The van der Waals surface area contributed by atoms with E-state index in [2.05, 4.69) is 9.73 Å². The van der Waals surface area contributed by atoms with Crippen molar-refractivity contribution in [3.05, 3.63) is 34.4 Å². The van der Waals surface area contributed by atoms with E-state index in [4.69, 9.17) is 10.5 Å². The molecule has 0 radical (unpaired) electrons. The summed E-state index contributed by atoms with van der Waals surface area (Å²) in [6, 6.07) is 2.43. The van der Waals surface area contributed by atoms with Gasteiger partial charge in [0.05, 0.1) is 17.7 Å². The summed E-state index contributed by atoms with van der Waals surface area (Å²) >= 11 is 0. The maximum atomic E-state index is 12.0. The highest BCUT2D eigenvalue weighted by Gasteiger charge is 2.51. The van der Waals surface area contributed by atoms with E-state index >= 15 is 0 Å². The highest BCUT2D eigenvalue weighted by Crippen LogP contribution is 2.37. The molecule has 4 atom stereocenters. The van der Waals surface area contributed by atoms with E-state index < -0.39 is 5.63 Å². The van der Waals surface area contributed by atoms with Gasteiger partial charge < -0.3 is 20.2 Å². The van der Waals surface area contributed by atoms with E-state index in [0.717, 1.165) is 25.7 Å². The van der Waals surface area contributed by atoms with Gasteiger partial charge in [0.2, 0.25) is 0 Å². The van der Waals surface area contributed by atoms with Crippen molar-refractivity contribution in [1.29, 1.82) is 0 Å². The number of hydrogen-bond acceptors (Lipinski definition) is 5. The second-order valence-electron chi connectivity index (χ2n) is 5.06. The summed E-state index contributed by atoms with van der Waals surface area (Å²) in [5, 5.41) is 2.85. The molecule has 1 saturated heterocycles. The lowest BCUT2D eigenvalue weighted by molar-refractivity contribution is -0.117. The smallest absolute Gasteiger partial charge is 0.335 e. The zero-order chi connectivity index (χ0) is 13.4. The number of rotatable bonds is 2. The predicted molar refractivity (Wildman–Crippen MR) is 66.7 cm³/mol. The molecule has 1 aromatic heterocycles. The van der Waals surface area contributed by atoms with Gasteiger partial charge in [0.1, 0.15) is 6.26 Å². The van der Waals surface area contributed by atoms with Crippen molar-refractivity contribution < 1.29 is 13.9 Å². The minimum absolute atomic E-state index is 0.0171. The number of carbonyl (C=O) groups is 1. The van der Waals surface area contributed by atoms with Crippen LogP contribution in [0.2, 0.25) is 0 Å². The standard InChI is InChI=1S/C13H16N2O4/c14-10-8-2-1-5-18-12(8)11(10)15-13(17)7-3-4-9(16)19-6-7/h3-4,6,8,10-12H,1-2,5,14H2,(H,15,17). The van der Waals surface area contributed by atoms with E-state index in [-0.39, 0.29) is 24.1 Å². The fourth-order valence-corrected chi connectivity index (χ4v) is 2.85. The third kappa shape index (κ3) is 2.17. The van der Waals surface area contributed by atoms with Crippen LogP contribution in [0.5, 0.6) is 0 Å². The van der Waals surface area contributed by atoms with Gasteiger partial charge in [0, 0.05) is 24.6 Å². The van der Waals surface area contributed by atoms with E-state index in [1.54, 1.807) is 0 Å². The lowest BCUT2D eigenvalue weighted by Crippen LogP contribution is -2.72. The van der Waals surface area contributed by atoms with Crippen LogP contribution >= 0.6 is 0 Å². The van der Waals surface area contributed by atoms with Gasteiger partial charge in [-0.1, -0.05) is 0 Å². The monoisotopic (exact) mass is 264 g/mol. The minimum atomic E-state index is -0.479. The molecule has 6 nitrogen and oxygen atoms in total. The Balaban J connectivity index is 1.66. The fraction of sp³-hybridized carbons (Fsp3) is 0.538. The van der Waals surface area contributed by atoms with Crippen LogP contribution in [0, 0.1) is 5.92 Å². The number of nitrogens with one attached hydrogen (secondary N) is 1. The number of carbonyl (C=O) groups excluding carboxylic acids is 1. The average Bonchev–Trinajstić information content (AvgIpc) is 2.45. The normalized spacial score (nSPS) is 33.1. The van der Waals surface area contributed by atoms with Crippen LogP contribution in [0.3, 0.4) is 0 Å². The van der Waals surface area contributed by atoms with Crippen molar-refractivity contribution in [2.75, 3.05) is 6.61 Å². The van der Waals surface area contributed by atoms with Crippen LogP contribution in [0.15, 0.2) is 27.6 Å². The Morgan fingerprint density at radius 1 is 1.42 bits per heavy atom. The predicted octanol–water partition coefficient (Wildman–Crippen LogP) is -0.126. The highest BCUT2D eigenvalue weighted by molar-refractivity contribution is 5.94. The van der Waals surface area contributed by atoms with Crippen molar-refractivity contribution in [3.8, 4) is 0 Å². The first-order valence-corrected chi connectivity index (χ1v) is 6.44. The van der Waals surface area contributed by atoms with Gasteiger partial charge in [-0.05, 0) is 18.9 Å². The molecule has 2 fully saturated rings. The van der Waals surface area contributed by atoms with Crippen LogP contribution in [0.4, 0.5) is 0 Å². The molecule has 1 amide bonds. The second kappa shape index (κ2) is 4.79. The molecule has 2 aliphatic rings. The van der Waals surface area contributed by atoms with E-state index in [9.17, 15) is 9.59 Å². The summed E-state index contributed by atoms with van der Waals surface area (Å²) < 4.78 is 10.3. The molecule has 102 valence electrons. The van der Waals surface area contributed by atoms with Crippen molar-refractivity contribution in [1.82, 2.24) is 5.32 Å². The molecule has 6 heteroatoms. The fourth-order valence-electron chi connectivity index (χ4n) is 2.85.